The van der Waals surface area contributed by atoms with Crippen molar-refractivity contribution in [2.24, 2.45) is 5.73 Å². The van der Waals surface area contributed by atoms with E-state index in [0.717, 1.165) is 0 Å². The molecule has 0 fully saturated rings. The van der Waals surface area contributed by atoms with Crippen LogP contribution in [0.2, 0.25) is 0 Å². The minimum Gasteiger partial charge on any atom is -0.481 e. The van der Waals surface area contributed by atoms with E-state index in [4.69, 9.17) is 15.9 Å². The molecular formula is C11H11NO4. The molecule has 5 nitrogen and oxygen atoms in total. The van der Waals surface area contributed by atoms with Crippen molar-refractivity contribution in [3.8, 4) is 0 Å². The Kier molecular flexibility index (Phi) is 2.40. The van der Waals surface area contributed by atoms with E-state index in [1.54, 1.807) is 24.3 Å². The second kappa shape index (κ2) is 3.61. The fourth-order valence-corrected chi connectivity index (χ4v) is 2.28. The molecule has 5 heteroatoms. The summed E-state index contributed by atoms with van der Waals surface area (Å²) >= 11 is 0. The van der Waals surface area contributed by atoms with Crippen LogP contribution in [-0.2, 0) is 9.59 Å². The van der Waals surface area contributed by atoms with Crippen LogP contribution in [0.15, 0.2) is 24.3 Å². The van der Waals surface area contributed by atoms with E-state index in [2.05, 4.69) is 0 Å². The summed E-state index contributed by atoms with van der Waals surface area (Å²) in [5.41, 5.74) is 6.73. The largest absolute Gasteiger partial charge is 0.481 e. The van der Waals surface area contributed by atoms with E-state index >= 15 is 0 Å². The number of hydrogen-bond donors (Lipinski definition) is 3. The second-order valence-electron chi connectivity index (χ2n) is 3.84. The average molecular weight is 221 g/mol. The predicted octanol–water partition coefficient (Wildman–Crippen LogP) is 0.364. The minimum atomic E-state index is -1.08. The van der Waals surface area contributed by atoms with Crippen molar-refractivity contribution >= 4 is 11.9 Å². The van der Waals surface area contributed by atoms with Crippen LogP contribution in [0.25, 0.3) is 0 Å². The SMILES string of the molecule is NC1C(C(=O)O)c2ccccc2C1C(=O)O. The number of rotatable bonds is 2. The molecule has 16 heavy (non-hydrogen) atoms. The van der Waals surface area contributed by atoms with Gasteiger partial charge in [-0.15, -0.1) is 0 Å². The first kappa shape index (κ1) is 10.6. The predicted molar refractivity (Wildman–Crippen MR) is 55.2 cm³/mol. The molecule has 0 aromatic heterocycles. The Hall–Kier alpha value is -1.88. The Labute approximate surface area is 91.5 Å². The summed E-state index contributed by atoms with van der Waals surface area (Å²) in [5.74, 6) is -4.03. The molecule has 0 saturated heterocycles. The molecule has 0 bridgehead atoms. The number of carboxylic acid groups (broad SMARTS) is 2. The van der Waals surface area contributed by atoms with Crippen molar-refractivity contribution in [3.05, 3.63) is 35.4 Å². The topological polar surface area (TPSA) is 101 Å². The zero-order valence-corrected chi connectivity index (χ0v) is 8.33. The Morgan fingerprint density at radius 2 is 1.38 bits per heavy atom. The van der Waals surface area contributed by atoms with Gasteiger partial charge in [0, 0.05) is 6.04 Å². The van der Waals surface area contributed by atoms with Gasteiger partial charge in [0.1, 0.15) is 0 Å². The molecule has 1 aromatic rings. The van der Waals surface area contributed by atoms with Gasteiger partial charge >= 0.3 is 11.9 Å². The highest BCUT2D eigenvalue weighted by Gasteiger charge is 2.45. The van der Waals surface area contributed by atoms with Gasteiger partial charge in [0.05, 0.1) is 11.8 Å². The number of benzene rings is 1. The zero-order valence-electron chi connectivity index (χ0n) is 8.33. The number of hydrogen-bond acceptors (Lipinski definition) is 3. The van der Waals surface area contributed by atoms with Crippen LogP contribution in [-0.4, -0.2) is 28.2 Å². The van der Waals surface area contributed by atoms with Gasteiger partial charge < -0.3 is 15.9 Å². The third-order valence-electron chi connectivity index (χ3n) is 2.97. The quantitative estimate of drug-likeness (QED) is 0.669. The first-order valence-electron chi connectivity index (χ1n) is 4.84. The van der Waals surface area contributed by atoms with Crippen LogP contribution < -0.4 is 5.73 Å². The van der Waals surface area contributed by atoms with Crippen LogP contribution in [0.1, 0.15) is 23.0 Å². The second-order valence-corrected chi connectivity index (χ2v) is 3.84. The lowest BCUT2D eigenvalue weighted by Crippen LogP contribution is -2.36. The van der Waals surface area contributed by atoms with Gasteiger partial charge in [0.2, 0.25) is 0 Å². The Balaban J connectivity index is 2.57. The molecule has 0 spiro atoms. The Morgan fingerprint density at radius 1 is 1.00 bits per heavy atom. The lowest BCUT2D eigenvalue weighted by atomic mass is 9.96. The molecule has 0 aliphatic heterocycles. The van der Waals surface area contributed by atoms with Gasteiger partial charge in [-0.3, -0.25) is 9.59 Å². The zero-order chi connectivity index (χ0) is 11.9. The van der Waals surface area contributed by atoms with E-state index in [9.17, 15) is 9.59 Å². The van der Waals surface area contributed by atoms with Crippen molar-refractivity contribution in [1.82, 2.24) is 0 Å². The van der Waals surface area contributed by atoms with Crippen molar-refractivity contribution in [3.63, 3.8) is 0 Å². The highest BCUT2D eigenvalue weighted by atomic mass is 16.4. The lowest BCUT2D eigenvalue weighted by Gasteiger charge is -2.14. The first-order valence-corrected chi connectivity index (χ1v) is 4.84. The molecule has 0 radical (unpaired) electrons. The highest BCUT2D eigenvalue weighted by molar-refractivity contribution is 5.87. The summed E-state index contributed by atoms with van der Waals surface area (Å²) in [6.07, 6.45) is 0. The molecule has 2 atom stereocenters. The summed E-state index contributed by atoms with van der Waals surface area (Å²) in [6, 6.07) is 5.71. The van der Waals surface area contributed by atoms with E-state index < -0.39 is 29.8 Å². The average Bonchev–Trinajstić information content (AvgIpc) is 2.49. The molecule has 0 amide bonds. The molecule has 0 heterocycles. The van der Waals surface area contributed by atoms with Gasteiger partial charge in [0.15, 0.2) is 0 Å². The normalized spacial score (nSPS) is 27.4. The van der Waals surface area contributed by atoms with Crippen LogP contribution in [0.3, 0.4) is 0 Å². The molecule has 2 unspecified atom stereocenters. The maximum absolute atomic E-state index is 11.1. The summed E-state index contributed by atoms with van der Waals surface area (Å²) in [4.78, 5) is 22.1. The molecule has 1 aromatic carbocycles. The van der Waals surface area contributed by atoms with Crippen LogP contribution in [0.4, 0.5) is 0 Å². The van der Waals surface area contributed by atoms with Gasteiger partial charge in [-0.05, 0) is 11.1 Å². The number of nitrogens with two attached hydrogens (primary N) is 1. The highest BCUT2D eigenvalue weighted by Crippen LogP contribution is 2.40. The lowest BCUT2D eigenvalue weighted by molar-refractivity contribution is -0.141. The van der Waals surface area contributed by atoms with E-state index in [1.165, 1.54) is 0 Å². The summed E-state index contributed by atoms with van der Waals surface area (Å²) in [6.45, 7) is 0. The fraction of sp³-hybridized carbons (Fsp3) is 0.273. The van der Waals surface area contributed by atoms with Gasteiger partial charge in [-0.2, -0.15) is 0 Å². The monoisotopic (exact) mass is 221 g/mol. The van der Waals surface area contributed by atoms with Gasteiger partial charge in [0.25, 0.3) is 0 Å². The van der Waals surface area contributed by atoms with Crippen LogP contribution >= 0.6 is 0 Å². The third-order valence-corrected chi connectivity index (χ3v) is 2.97. The van der Waals surface area contributed by atoms with Crippen LogP contribution in [0, 0.1) is 0 Å². The fourth-order valence-electron chi connectivity index (χ4n) is 2.28. The maximum Gasteiger partial charge on any atom is 0.312 e. The van der Waals surface area contributed by atoms with Gasteiger partial charge in [-0.1, -0.05) is 24.3 Å². The van der Waals surface area contributed by atoms with Crippen LogP contribution in [0.5, 0.6) is 0 Å². The standard InChI is InChI=1S/C11H11NO4/c12-9-7(10(13)14)5-3-1-2-4-6(5)8(9)11(15)16/h1-4,7-9H,12H2,(H,13,14)(H,15,16). The van der Waals surface area contributed by atoms with E-state index in [0.29, 0.717) is 11.1 Å². The Bertz CT molecular complexity index is 416. The number of aliphatic carboxylic acids is 2. The molecule has 2 rings (SSSR count). The first-order chi connectivity index (χ1) is 7.54. The third kappa shape index (κ3) is 1.37. The summed E-state index contributed by atoms with van der Waals surface area (Å²) < 4.78 is 0. The summed E-state index contributed by atoms with van der Waals surface area (Å²) in [7, 11) is 0. The maximum atomic E-state index is 11.1. The van der Waals surface area contributed by atoms with E-state index in [-0.39, 0.29) is 0 Å². The number of carbonyl (C=O) groups is 2. The number of fused-ring (bicyclic) bond motifs is 1. The number of carboxylic acids is 2. The van der Waals surface area contributed by atoms with Crippen molar-refractivity contribution in [2.75, 3.05) is 0 Å². The summed E-state index contributed by atoms with van der Waals surface area (Å²) in [5, 5.41) is 18.1. The minimum absolute atomic E-state index is 0.509. The van der Waals surface area contributed by atoms with E-state index in [1.807, 2.05) is 0 Å². The molecule has 84 valence electrons. The van der Waals surface area contributed by atoms with Crippen molar-refractivity contribution in [1.29, 1.82) is 0 Å². The Morgan fingerprint density at radius 3 is 1.69 bits per heavy atom. The molecule has 0 saturated carbocycles. The van der Waals surface area contributed by atoms with Gasteiger partial charge in [-0.25, -0.2) is 0 Å². The molecular weight excluding hydrogens is 210 g/mol. The van der Waals surface area contributed by atoms with Crippen molar-refractivity contribution < 1.29 is 19.8 Å². The van der Waals surface area contributed by atoms with Crippen molar-refractivity contribution in [2.45, 2.75) is 17.9 Å². The molecule has 1 aliphatic carbocycles. The smallest absolute Gasteiger partial charge is 0.312 e. The molecule has 4 N–H and O–H groups in total. The molecule has 1 aliphatic rings.